The monoisotopic (exact) mass is 494 g/mol. The average Bonchev–Trinajstić information content (AvgIpc) is 3.35. The van der Waals surface area contributed by atoms with Crippen LogP contribution in [0.15, 0.2) is 42.9 Å². The topological polar surface area (TPSA) is 54.7 Å². The van der Waals surface area contributed by atoms with Crippen molar-refractivity contribution < 1.29 is 36.2 Å². The molecule has 10 heteroatoms. The van der Waals surface area contributed by atoms with Crippen molar-refractivity contribution in [2.24, 2.45) is 0 Å². The maximum Gasteiger partial charge on any atom is 0.420 e. The van der Waals surface area contributed by atoms with Gasteiger partial charge in [-0.2, -0.15) is 18.4 Å². The fraction of sp³-hybridized carbons (Fsp3) is 0.400. The minimum absolute atomic E-state index is 0.159. The maximum atomic E-state index is 14.8. The van der Waals surface area contributed by atoms with E-state index in [1.54, 1.807) is 12.1 Å². The molecule has 2 aromatic carbocycles. The third-order valence-electron chi connectivity index (χ3n) is 6.14. The van der Waals surface area contributed by atoms with Gasteiger partial charge >= 0.3 is 6.18 Å². The third-order valence-corrected chi connectivity index (χ3v) is 6.14. The van der Waals surface area contributed by atoms with E-state index in [-0.39, 0.29) is 31.0 Å². The lowest BCUT2D eigenvalue weighted by molar-refractivity contribution is -0.140. The highest BCUT2D eigenvalue weighted by molar-refractivity contribution is 5.56. The van der Waals surface area contributed by atoms with Crippen molar-refractivity contribution in [1.82, 2.24) is 0 Å². The number of nitriles is 1. The molecule has 0 aliphatic carbocycles. The summed E-state index contributed by atoms with van der Waals surface area (Å²) in [7, 11) is 0. The van der Waals surface area contributed by atoms with Gasteiger partial charge in [0, 0.05) is 25.6 Å². The minimum Gasteiger partial charge on any atom is -0.493 e. The van der Waals surface area contributed by atoms with E-state index in [4.69, 9.17) is 19.5 Å². The molecule has 0 aromatic heterocycles. The lowest BCUT2D eigenvalue weighted by Gasteiger charge is -2.34. The Morgan fingerprint density at radius 1 is 1.06 bits per heavy atom. The second-order valence-electron chi connectivity index (χ2n) is 8.34. The molecule has 0 radical (unpaired) electrons. The SMILES string of the molecule is N#Cc1ccc(N2CCC(c3ccc(OCCCC4OC=CO4)cc3F)CC2)c(F)c1C(F)(F)F. The fourth-order valence-electron chi connectivity index (χ4n) is 4.39. The van der Waals surface area contributed by atoms with Gasteiger partial charge in [-0.25, -0.2) is 8.78 Å². The molecule has 1 fully saturated rings. The van der Waals surface area contributed by atoms with Crippen molar-refractivity contribution in [1.29, 1.82) is 5.26 Å². The number of hydrogen-bond acceptors (Lipinski definition) is 5. The van der Waals surface area contributed by atoms with Gasteiger partial charge in [-0.1, -0.05) is 6.07 Å². The normalized spacial score (nSPS) is 16.6. The first-order valence-corrected chi connectivity index (χ1v) is 11.2. The summed E-state index contributed by atoms with van der Waals surface area (Å²) in [4.78, 5) is 1.50. The van der Waals surface area contributed by atoms with E-state index < -0.39 is 28.9 Å². The number of alkyl halides is 3. The molecule has 2 heterocycles. The van der Waals surface area contributed by atoms with Crippen molar-refractivity contribution in [2.75, 3.05) is 24.6 Å². The first-order chi connectivity index (χ1) is 16.8. The maximum absolute atomic E-state index is 14.8. The van der Waals surface area contributed by atoms with Crippen LogP contribution in [0.5, 0.6) is 5.75 Å². The summed E-state index contributed by atoms with van der Waals surface area (Å²) in [5.74, 6) is -1.64. The van der Waals surface area contributed by atoms with E-state index in [1.165, 1.54) is 35.6 Å². The lowest BCUT2D eigenvalue weighted by atomic mass is 9.88. The molecular formula is C25H23F5N2O3. The molecule has 1 saturated heterocycles. The van der Waals surface area contributed by atoms with E-state index in [2.05, 4.69) is 0 Å². The highest BCUT2D eigenvalue weighted by Crippen LogP contribution is 2.39. The van der Waals surface area contributed by atoms with Gasteiger partial charge in [0.1, 0.15) is 29.7 Å². The second-order valence-corrected chi connectivity index (χ2v) is 8.34. The number of ether oxygens (including phenoxy) is 3. The molecule has 0 saturated carbocycles. The number of benzene rings is 2. The van der Waals surface area contributed by atoms with Crippen LogP contribution in [0.1, 0.15) is 48.3 Å². The smallest absolute Gasteiger partial charge is 0.420 e. The van der Waals surface area contributed by atoms with Crippen molar-refractivity contribution in [3.8, 4) is 11.8 Å². The van der Waals surface area contributed by atoms with Crippen molar-refractivity contribution in [2.45, 2.75) is 44.1 Å². The zero-order valence-electron chi connectivity index (χ0n) is 18.7. The Labute approximate surface area is 199 Å². The van der Waals surface area contributed by atoms with Crippen molar-refractivity contribution in [3.05, 3.63) is 71.2 Å². The number of nitrogens with zero attached hydrogens (tertiary/aromatic N) is 2. The van der Waals surface area contributed by atoms with E-state index in [0.717, 1.165) is 6.07 Å². The molecule has 2 aromatic rings. The van der Waals surface area contributed by atoms with Gasteiger partial charge in [-0.3, -0.25) is 0 Å². The second kappa shape index (κ2) is 10.4. The summed E-state index contributed by atoms with van der Waals surface area (Å²) in [6, 6.07) is 8.23. The molecule has 0 amide bonds. The Morgan fingerprint density at radius 2 is 1.77 bits per heavy atom. The molecule has 0 spiro atoms. The number of piperidine rings is 1. The van der Waals surface area contributed by atoms with Gasteiger partial charge in [0.2, 0.25) is 6.29 Å². The number of hydrogen-bond donors (Lipinski definition) is 0. The average molecular weight is 494 g/mol. The van der Waals surface area contributed by atoms with Gasteiger partial charge in [-0.05, 0) is 48.9 Å². The molecule has 0 bridgehead atoms. The van der Waals surface area contributed by atoms with Crippen LogP contribution in [0.4, 0.5) is 27.6 Å². The summed E-state index contributed by atoms with van der Waals surface area (Å²) in [6.45, 7) is 0.877. The standard InChI is InChI=1S/C25H23F5N2O3/c26-20-14-18(33-11-1-2-22-34-12-13-35-22)4-5-19(20)16-7-9-32(10-8-16)21-6-3-17(15-31)23(24(21)27)25(28,29)30/h3-6,12-14,16,22H,1-2,7-11H2. The molecule has 2 aliphatic heterocycles. The van der Waals surface area contributed by atoms with Crippen LogP contribution in [0.2, 0.25) is 0 Å². The third kappa shape index (κ3) is 5.61. The van der Waals surface area contributed by atoms with Crippen LogP contribution in [0.3, 0.4) is 0 Å². The van der Waals surface area contributed by atoms with Gasteiger partial charge in [0.25, 0.3) is 0 Å². The lowest BCUT2D eigenvalue weighted by Crippen LogP contribution is -2.34. The van der Waals surface area contributed by atoms with E-state index >= 15 is 0 Å². The molecule has 0 unspecified atom stereocenters. The molecular weight excluding hydrogens is 471 g/mol. The van der Waals surface area contributed by atoms with Crippen molar-refractivity contribution in [3.63, 3.8) is 0 Å². The quantitative estimate of drug-likeness (QED) is 0.337. The van der Waals surface area contributed by atoms with Crippen LogP contribution in [-0.2, 0) is 15.7 Å². The van der Waals surface area contributed by atoms with Crippen LogP contribution in [-0.4, -0.2) is 26.0 Å². The first kappa shape index (κ1) is 24.6. The molecule has 35 heavy (non-hydrogen) atoms. The Hall–Kier alpha value is -3.48. The van der Waals surface area contributed by atoms with Gasteiger partial charge in [0.15, 0.2) is 5.82 Å². The Balaban J connectivity index is 1.35. The zero-order chi connectivity index (χ0) is 25.0. The van der Waals surface area contributed by atoms with Crippen LogP contribution in [0, 0.1) is 23.0 Å². The highest BCUT2D eigenvalue weighted by Gasteiger charge is 2.39. The van der Waals surface area contributed by atoms with Gasteiger partial charge in [-0.15, -0.1) is 0 Å². The molecule has 0 N–H and O–H groups in total. The van der Waals surface area contributed by atoms with Crippen LogP contribution in [0.25, 0.3) is 0 Å². The Bertz CT molecular complexity index is 1110. The molecule has 186 valence electrons. The summed E-state index contributed by atoms with van der Waals surface area (Å²) in [5.41, 5.74) is -2.02. The molecule has 2 aliphatic rings. The van der Waals surface area contributed by atoms with E-state index in [1.807, 2.05) is 0 Å². The highest BCUT2D eigenvalue weighted by atomic mass is 19.4. The van der Waals surface area contributed by atoms with Crippen LogP contribution < -0.4 is 9.64 Å². The largest absolute Gasteiger partial charge is 0.493 e. The minimum atomic E-state index is -4.98. The summed E-state index contributed by atoms with van der Waals surface area (Å²) >= 11 is 0. The van der Waals surface area contributed by atoms with Gasteiger partial charge in [0.05, 0.1) is 23.9 Å². The fourth-order valence-corrected chi connectivity index (χ4v) is 4.39. The molecule has 4 rings (SSSR count). The van der Waals surface area contributed by atoms with Crippen LogP contribution >= 0.6 is 0 Å². The van der Waals surface area contributed by atoms with E-state index in [9.17, 15) is 22.0 Å². The summed E-state index contributed by atoms with van der Waals surface area (Å²) < 4.78 is 85.4. The summed E-state index contributed by atoms with van der Waals surface area (Å²) in [5, 5.41) is 8.93. The first-order valence-electron chi connectivity index (χ1n) is 11.2. The number of anilines is 1. The zero-order valence-corrected chi connectivity index (χ0v) is 18.7. The van der Waals surface area contributed by atoms with E-state index in [0.29, 0.717) is 43.6 Å². The molecule has 5 nitrogen and oxygen atoms in total. The molecule has 0 atom stereocenters. The van der Waals surface area contributed by atoms with Gasteiger partial charge < -0.3 is 19.1 Å². The number of halogens is 5. The Morgan fingerprint density at radius 3 is 2.40 bits per heavy atom. The predicted octanol–water partition coefficient (Wildman–Crippen LogP) is 6.24. The number of rotatable bonds is 7. The predicted molar refractivity (Wildman–Crippen MR) is 117 cm³/mol. The Kier molecular flexibility index (Phi) is 7.34. The van der Waals surface area contributed by atoms with Crippen molar-refractivity contribution >= 4 is 5.69 Å². The summed E-state index contributed by atoms with van der Waals surface area (Å²) in [6.07, 6.45) is -0.171.